The van der Waals surface area contributed by atoms with Gasteiger partial charge in [0.25, 0.3) is 0 Å². The first-order chi connectivity index (χ1) is 10.3. The van der Waals surface area contributed by atoms with E-state index in [1.165, 1.54) is 42.1 Å². The van der Waals surface area contributed by atoms with Gasteiger partial charge in [-0.1, -0.05) is 58.2 Å². The average molecular weight is 286 g/mol. The van der Waals surface area contributed by atoms with Crippen molar-refractivity contribution in [3.8, 4) is 0 Å². The van der Waals surface area contributed by atoms with Crippen LogP contribution in [0.15, 0.2) is 30.5 Å². The Morgan fingerprint density at radius 2 is 2.00 bits per heavy atom. The van der Waals surface area contributed by atoms with Crippen molar-refractivity contribution < 1.29 is 0 Å². The molecule has 2 aromatic rings. The lowest BCUT2D eigenvalue weighted by molar-refractivity contribution is 0.396. The molecule has 1 unspecified atom stereocenters. The Morgan fingerprint density at radius 3 is 2.71 bits per heavy atom. The summed E-state index contributed by atoms with van der Waals surface area (Å²) in [4.78, 5) is 0. The van der Waals surface area contributed by atoms with E-state index in [-0.39, 0.29) is 0 Å². The molecule has 1 aromatic heterocycles. The number of fused-ring (bicyclic) bond motifs is 1. The summed E-state index contributed by atoms with van der Waals surface area (Å²) < 4.78 is 2.48. The van der Waals surface area contributed by atoms with Crippen molar-refractivity contribution in [3.05, 3.63) is 36.0 Å². The molecular formula is C19H30N2. The number of benzene rings is 1. The second-order valence-electron chi connectivity index (χ2n) is 6.02. The Bertz CT molecular complexity index is 541. The van der Waals surface area contributed by atoms with Crippen molar-refractivity contribution in [2.75, 3.05) is 6.54 Å². The molecule has 2 heteroatoms. The molecule has 0 bridgehead atoms. The Labute approximate surface area is 129 Å². The number of rotatable bonds is 9. The van der Waals surface area contributed by atoms with Crippen LogP contribution in [0, 0.1) is 5.92 Å². The van der Waals surface area contributed by atoms with E-state index in [9.17, 15) is 0 Å². The molecule has 1 atom stereocenters. The molecule has 2 rings (SSSR count). The molecule has 116 valence electrons. The molecule has 0 radical (unpaired) electrons. The van der Waals surface area contributed by atoms with E-state index in [0.717, 1.165) is 25.6 Å². The molecule has 1 aromatic carbocycles. The van der Waals surface area contributed by atoms with Gasteiger partial charge in [-0.25, -0.2) is 0 Å². The normalized spacial score (nSPS) is 12.9. The van der Waals surface area contributed by atoms with Gasteiger partial charge in [0.1, 0.15) is 0 Å². The van der Waals surface area contributed by atoms with Crippen molar-refractivity contribution in [2.45, 2.75) is 59.5 Å². The van der Waals surface area contributed by atoms with Gasteiger partial charge in [0.2, 0.25) is 0 Å². The van der Waals surface area contributed by atoms with Crippen LogP contribution >= 0.6 is 0 Å². The van der Waals surface area contributed by atoms with Crippen LogP contribution in [0.1, 0.15) is 52.0 Å². The molecule has 21 heavy (non-hydrogen) atoms. The summed E-state index contributed by atoms with van der Waals surface area (Å²) in [5.74, 6) is 0.799. The van der Waals surface area contributed by atoms with Crippen molar-refractivity contribution >= 4 is 10.9 Å². The molecule has 0 aliphatic rings. The molecule has 0 amide bonds. The summed E-state index contributed by atoms with van der Waals surface area (Å²) in [5, 5.41) is 4.83. The Balaban J connectivity index is 2.22. The summed E-state index contributed by atoms with van der Waals surface area (Å²) in [6.07, 6.45) is 7.54. The maximum absolute atomic E-state index is 3.46. The standard InChI is InChI=1S/C19H30N2/c1-4-7-9-16(5-2)15-21-13-12-17-10-8-11-18(19(17)21)14-20-6-3/h8,10-13,16,20H,4-7,9,14-15H2,1-3H3. The number of hydrogen-bond donors (Lipinski definition) is 1. The Morgan fingerprint density at radius 1 is 1.14 bits per heavy atom. The smallest absolute Gasteiger partial charge is 0.0525 e. The second kappa shape index (κ2) is 8.23. The molecule has 1 heterocycles. The minimum Gasteiger partial charge on any atom is -0.347 e. The van der Waals surface area contributed by atoms with E-state index in [2.05, 4.69) is 61.1 Å². The molecule has 0 aliphatic heterocycles. The van der Waals surface area contributed by atoms with E-state index >= 15 is 0 Å². The zero-order valence-corrected chi connectivity index (χ0v) is 13.9. The molecular weight excluding hydrogens is 256 g/mol. The zero-order chi connectivity index (χ0) is 15.1. The SMILES string of the molecule is CCCCC(CC)Cn1ccc2cccc(CNCC)c21. The summed E-state index contributed by atoms with van der Waals surface area (Å²) in [6.45, 7) is 9.91. The van der Waals surface area contributed by atoms with Gasteiger partial charge in [-0.3, -0.25) is 0 Å². The van der Waals surface area contributed by atoms with Crippen molar-refractivity contribution in [1.29, 1.82) is 0 Å². The van der Waals surface area contributed by atoms with Crippen LogP contribution in [0.4, 0.5) is 0 Å². The number of unbranched alkanes of at least 4 members (excludes halogenated alkanes) is 1. The van der Waals surface area contributed by atoms with Crippen LogP contribution in [0.25, 0.3) is 10.9 Å². The third kappa shape index (κ3) is 4.10. The van der Waals surface area contributed by atoms with E-state index in [1.807, 2.05) is 0 Å². The highest BCUT2D eigenvalue weighted by Crippen LogP contribution is 2.24. The molecule has 0 aliphatic carbocycles. The topological polar surface area (TPSA) is 17.0 Å². The van der Waals surface area contributed by atoms with E-state index in [0.29, 0.717) is 0 Å². The monoisotopic (exact) mass is 286 g/mol. The molecule has 0 spiro atoms. The number of nitrogens with zero attached hydrogens (tertiary/aromatic N) is 1. The molecule has 2 nitrogen and oxygen atoms in total. The predicted octanol–water partition coefficient (Wildman–Crippen LogP) is 4.97. The maximum atomic E-state index is 3.46. The van der Waals surface area contributed by atoms with Crippen LogP contribution in [0.5, 0.6) is 0 Å². The van der Waals surface area contributed by atoms with Gasteiger partial charge in [-0.2, -0.15) is 0 Å². The fourth-order valence-electron chi connectivity index (χ4n) is 3.09. The quantitative estimate of drug-likeness (QED) is 0.689. The first-order valence-electron chi connectivity index (χ1n) is 8.57. The maximum Gasteiger partial charge on any atom is 0.0525 e. The number of aromatic nitrogens is 1. The van der Waals surface area contributed by atoms with Gasteiger partial charge in [0.15, 0.2) is 0 Å². The predicted molar refractivity (Wildman–Crippen MR) is 92.6 cm³/mol. The van der Waals surface area contributed by atoms with Crippen LogP contribution in [-0.4, -0.2) is 11.1 Å². The van der Waals surface area contributed by atoms with Gasteiger partial charge in [-0.05, 0) is 35.9 Å². The third-order valence-corrected chi connectivity index (χ3v) is 4.44. The highest BCUT2D eigenvalue weighted by molar-refractivity contribution is 5.83. The van der Waals surface area contributed by atoms with Gasteiger partial charge < -0.3 is 9.88 Å². The van der Waals surface area contributed by atoms with Crippen molar-refractivity contribution in [3.63, 3.8) is 0 Å². The fourth-order valence-corrected chi connectivity index (χ4v) is 3.09. The van der Waals surface area contributed by atoms with Crippen LogP contribution in [0.3, 0.4) is 0 Å². The highest BCUT2D eigenvalue weighted by atomic mass is 15.0. The number of nitrogens with one attached hydrogen (secondary N) is 1. The third-order valence-electron chi connectivity index (χ3n) is 4.44. The zero-order valence-electron chi connectivity index (χ0n) is 13.9. The molecule has 0 saturated heterocycles. The van der Waals surface area contributed by atoms with Crippen molar-refractivity contribution in [2.24, 2.45) is 5.92 Å². The molecule has 0 saturated carbocycles. The molecule has 1 N–H and O–H groups in total. The fraction of sp³-hybridized carbons (Fsp3) is 0.579. The lowest BCUT2D eigenvalue weighted by Gasteiger charge is -2.17. The van der Waals surface area contributed by atoms with Gasteiger partial charge in [0, 0.05) is 19.3 Å². The molecule has 0 fully saturated rings. The minimum atomic E-state index is 0.799. The largest absolute Gasteiger partial charge is 0.347 e. The summed E-state index contributed by atoms with van der Waals surface area (Å²) in [7, 11) is 0. The van der Waals surface area contributed by atoms with E-state index in [4.69, 9.17) is 0 Å². The van der Waals surface area contributed by atoms with Crippen LogP contribution in [-0.2, 0) is 13.1 Å². The van der Waals surface area contributed by atoms with Crippen molar-refractivity contribution in [1.82, 2.24) is 9.88 Å². The van der Waals surface area contributed by atoms with Gasteiger partial charge in [-0.15, -0.1) is 0 Å². The summed E-state index contributed by atoms with van der Waals surface area (Å²) >= 11 is 0. The lowest BCUT2D eigenvalue weighted by atomic mass is 9.99. The second-order valence-corrected chi connectivity index (χ2v) is 6.02. The van der Waals surface area contributed by atoms with Gasteiger partial charge in [0.05, 0.1) is 5.52 Å². The van der Waals surface area contributed by atoms with Crippen LogP contribution in [0.2, 0.25) is 0 Å². The first kappa shape index (κ1) is 16.1. The highest BCUT2D eigenvalue weighted by Gasteiger charge is 2.11. The summed E-state index contributed by atoms with van der Waals surface area (Å²) in [6, 6.07) is 8.92. The van der Waals surface area contributed by atoms with Crippen LogP contribution < -0.4 is 5.32 Å². The minimum absolute atomic E-state index is 0.799. The van der Waals surface area contributed by atoms with E-state index < -0.39 is 0 Å². The number of para-hydroxylation sites is 1. The average Bonchev–Trinajstić information content (AvgIpc) is 2.93. The lowest BCUT2D eigenvalue weighted by Crippen LogP contribution is -2.14. The van der Waals surface area contributed by atoms with E-state index in [1.54, 1.807) is 0 Å². The first-order valence-corrected chi connectivity index (χ1v) is 8.57. The Kier molecular flexibility index (Phi) is 6.31. The summed E-state index contributed by atoms with van der Waals surface area (Å²) in [5.41, 5.74) is 2.85. The Hall–Kier alpha value is -1.28. The number of hydrogen-bond acceptors (Lipinski definition) is 1. The van der Waals surface area contributed by atoms with Gasteiger partial charge >= 0.3 is 0 Å².